The van der Waals surface area contributed by atoms with E-state index in [1.807, 2.05) is 48.5 Å². The molecule has 6 heteroatoms. The molecular weight excluding hydrogens is 320 g/mol. The van der Waals surface area contributed by atoms with Crippen molar-refractivity contribution < 1.29 is 4.79 Å². The average molecular weight is 338 g/mol. The van der Waals surface area contributed by atoms with Crippen LogP contribution in [0.15, 0.2) is 59.7 Å². The van der Waals surface area contributed by atoms with Crippen LogP contribution >= 0.6 is 11.8 Å². The fourth-order valence-corrected chi connectivity index (χ4v) is 4.30. The first-order chi connectivity index (χ1) is 11.6. The van der Waals surface area contributed by atoms with E-state index in [4.69, 9.17) is 0 Å². The van der Waals surface area contributed by atoms with E-state index in [2.05, 4.69) is 28.4 Å². The first-order valence-electron chi connectivity index (χ1n) is 7.84. The number of anilines is 2. The maximum Gasteiger partial charge on any atom is 0.241 e. The zero-order chi connectivity index (χ0) is 16.7. The van der Waals surface area contributed by atoms with Crippen LogP contribution in [0.1, 0.15) is 12.5 Å². The molecule has 2 aromatic carbocycles. The van der Waals surface area contributed by atoms with Crippen LogP contribution in [0.25, 0.3) is 0 Å². The molecule has 0 aliphatic carbocycles. The van der Waals surface area contributed by atoms with Gasteiger partial charge in [0, 0.05) is 19.5 Å². The normalized spacial score (nSPS) is 22.2. The number of likely N-dealkylation sites (N-methyl/N-ethyl adjacent to an activating group) is 1. The highest BCUT2D eigenvalue weighted by molar-refractivity contribution is 8.15. The maximum atomic E-state index is 12.2. The van der Waals surface area contributed by atoms with Gasteiger partial charge in [0.2, 0.25) is 5.91 Å². The van der Waals surface area contributed by atoms with Crippen molar-refractivity contribution in [2.45, 2.75) is 18.5 Å². The summed E-state index contributed by atoms with van der Waals surface area (Å²) < 4.78 is 0. The van der Waals surface area contributed by atoms with Crippen molar-refractivity contribution in [2.75, 3.05) is 17.3 Å². The lowest BCUT2D eigenvalue weighted by Gasteiger charge is -2.46. The Labute approximate surface area is 145 Å². The van der Waals surface area contributed by atoms with Crippen LogP contribution in [0.4, 0.5) is 11.4 Å². The number of nitrogens with zero attached hydrogens (tertiary/aromatic N) is 3. The average Bonchev–Trinajstić information content (AvgIpc) is 2.62. The molecule has 2 heterocycles. The summed E-state index contributed by atoms with van der Waals surface area (Å²) in [5.74, 6) is -0.0704. The first-order valence-corrected chi connectivity index (χ1v) is 8.72. The van der Waals surface area contributed by atoms with Crippen molar-refractivity contribution in [3.8, 4) is 0 Å². The monoisotopic (exact) mass is 338 g/mol. The Kier molecular flexibility index (Phi) is 3.69. The van der Waals surface area contributed by atoms with Crippen LogP contribution in [0.2, 0.25) is 0 Å². The molecule has 4 rings (SSSR count). The molecule has 2 aromatic rings. The Hall–Kier alpha value is -2.47. The molecule has 0 bridgehead atoms. The van der Waals surface area contributed by atoms with Crippen molar-refractivity contribution in [3.63, 3.8) is 0 Å². The Balaban J connectivity index is 1.77. The third-order valence-electron chi connectivity index (χ3n) is 4.28. The lowest BCUT2D eigenvalue weighted by atomic mass is 10.2. The number of thioether (sulfide) groups is 1. The molecule has 0 radical (unpaired) electrons. The molecule has 1 N–H and O–H groups in total. The van der Waals surface area contributed by atoms with Crippen LogP contribution in [-0.2, 0) is 4.79 Å². The van der Waals surface area contributed by atoms with Gasteiger partial charge in [-0.15, -0.1) is 0 Å². The van der Waals surface area contributed by atoms with E-state index in [-0.39, 0.29) is 17.4 Å². The minimum Gasteiger partial charge on any atom is -0.360 e. The maximum absolute atomic E-state index is 12.2. The predicted octanol–water partition coefficient (Wildman–Crippen LogP) is 3.16. The van der Waals surface area contributed by atoms with Crippen molar-refractivity contribution in [2.24, 2.45) is 5.10 Å². The van der Waals surface area contributed by atoms with E-state index >= 15 is 0 Å². The van der Waals surface area contributed by atoms with Gasteiger partial charge in [-0.2, -0.15) is 5.10 Å². The second-order valence-corrected chi connectivity index (χ2v) is 6.97. The second kappa shape index (κ2) is 5.87. The van der Waals surface area contributed by atoms with Gasteiger partial charge in [0.25, 0.3) is 0 Å². The fraction of sp³-hybridized carbons (Fsp3) is 0.222. The van der Waals surface area contributed by atoms with Crippen molar-refractivity contribution in [1.29, 1.82) is 0 Å². The summed E-state index contributed by atoms with van der Waals surface area (Å²) in [6, 6.07) is 18.1. The molecule has 0 spiro atoms. The highest BCUT2D eigenvalue weighted by Crippen LogP contribution is 2.41. The Morgan fingerprint density at radius 2 is 1.83 bits per heavy atom. The van der Waals surface area contributed by atoms with Gasteiger partial charge < -0.3 is 10.2 Å². The number of carbonyl (C=O) groups excluding carboxylic acids is 1. The Bertz CT molecular complexity index is 808. The lowest BCUT2D eigenvalue weighted by Crippen LogP contribution is -2.58. The lowest BCUT2D eigenvalue weighted by molar-refractivity contribution is -0.130. The molecule has 0 saturated heterocycles. The Morgan fingerprint density at radius 1 is 1.12 bits per heavy atom. The van der Waals surface area contributed by atoms with E-state index in [0.29, 0.717) is 0 Å². The standard InChI is InChI=1S/C18H18N4OS/c1-12(23)22-16-18(21(2)15-11-7-6-10-14(15)19-16)24-17(20-22)13-8-4-3-5-9-13/h3-11,16,18-19H,1-2H3/t16-,18+/m0/s1. The number of fused-ring (bicyclic) bond motifs is 2. The molecule has 24 heavy (non-hydrogen) atoms. The van der Waals surface area contributed by atoms with E-state index < -0.39 is 0 Å². The van der Waals surface area contributed by atoms with E-state index in [9.17, 15) is 4.79 Å². The van der Waals surface area contributed by atoms with Gasteiger partial charge in [0.05, 0.1) is 11.4 Å². The Morgan fingerprint density at radius 3 is 2.58 bits per heavy atom. The third-order valence-corrected chi connectivity index (χ3v) is 5.63. The molecule has 2 aliphatic rings. The smallest absolute Gasteiger partial charge is 0.241 e. The number of para-hydroxylation sites is 2. The molecule has 122 valence electrons. The molecule has 5 nitrogen and oxygen atoms in total. The summed E-state index contributed by atoms with van der Waals surface area (Å²) in [5.41, 5.74) is 3.18. The van der Waals surface area contributed by atoms with Gasteiger partial charge in [-0.05, 0) is 12.1 Å². The van der Waals surface area contributed by atoms with Gasteiger partial charge in [0.15, 0.2) is 6.17 Å². The van der Waals surface area contributed by atoms with Crippen molar-refractivity contribution in [1.82, 2.24) is 5.01 Å². The van der Waals surface area contributed by atoms with Gasteiger partial charge >= 0.3 is 0 Å². The number of hydrogen-bond acceptors (Lipinski definition) is 5. The quantitative estimate of drug-likeness (QED) is 0.868. The van der Waals surface area contributed by atoms with Crippen LogP contribution in [0, 0.1) is 0 Å². The van der Waals surface area contributed by atoms with Crippen molar-refractivity contribution >= 4 is 34.1 Å². The molecular formula is C18H18N4OS. The second-order valence-electron chi connectivity index (χ2n) is 5.86. The minimum absolute atomic E-state index is 0.0523. The number of nitrogens with one attached hydrogen (secondary N) is 1. The van der Waals surface area contributed by atoms with E-state index in [0.717, 1.165) is 22.0 Å². The van der Waals surface area contributed by atoms with Gasteiger partial charge in [-0.1, -0.05) is 54.2 Å². The van der Waals surface area contributed by atoms with E-state index in [1.54, 1.807) is 23.7 Å². The summed E-state index contributed by atoms with van der Waals surface area (Å²) in [4.78, 5) is 14.4. The molecule has 2 aliphatic heterocycles. The summed E-state index contributed by atoms with van der Waals surface area (Å²) in [7, 11) is 2.07. The predicted molar refractivity (Wildman–Crippen MR) is 99.1 cm³/mol. The topological polar surface area (TPSA) is 47.9 Å². The third kappa shape index (κ3) is 2.43. The van der Waals surface area contributed by atoms with Gasteiger partial charge in [-0.25, -0.2) is 5.01 Å². The SMILES string of the molecule is CC(=O)N1N=C(c2ccccc2)S[C@@H]2[C@H]1Nc1ccccc1N2C. The molecule has 1 amide bonds. The number of rotatable bonds is 1. The number of benzene rings is 2. The van der Waals surface area contributed by atoms with Crippen LogP contribution < -0.4 is 10.2 Å². The number of hydrazone groups is 1. The van der Waals surface area contributed by atoms with Crippen LogP contribution in [0.5, 0.6) is 0 Å². The van der Waals surface area contributed by atoms with E-state index in [1.165, 1.54) is 0 Å². The highest BCUT2D eigenvalue weighted by Gasteiger charge is 2.41. The van der Waals surface area contributed by atoms with Crippen LogP contribution in [0.3, 0.4) is 0 Å². The number of hydrogen-bond donors (Lipinski definition) is 1. The summed E-state index contributed by atoms with van der Waals surface area (Å²) in [6.07, 6.45) is -0.195. The molecule has 0 saturated carbocycles. The van der Waals surface area contributed by atoms with Gasteiger partial charge in [0.1, 0.15) is 10.4 Å². The van der Waals surface area contributed by atoms with Crippen molar-refractivity contribution in [3.05, 3.63) is 60.2 Å². The molecule has 0 fully saturated rings. The molecule has 2 atom stereocenters. The molecule has 0 unspecified atom stereocenters. The summed E-state index contributed by atoms with van der Waals surface area (Å²) in [6.45, 7) is 1.56. The zero-order valence-electron chi connectivity index (χ0n) is 13.5. The summed E-state index contributed by atoms with van der Waals surface area (Å²) >= 11 is 1.68. The first kappa shape index (κ1) is 15.1. The highest BCUT2D eigenvalue weighted by atomic mass is 32.2. The molecule has 0 aromatic heterocycles. The fourth-order valence-electron chi connectivity index (χ4n) is 3.08. The largest absolute Gasteiger partial charge is 0.360 e. The van der Waals surface area contributed by atoms with Crippen LogP contribution in [-0.4, -0.2) is 34.5 Å². The number of amides is 1. The van der Waals surface area contributed by atoms with Gasteiger partial charge in [-0.3, -0.25) is 4.79 Å². The zero-order valence-corrected chi connectivity index (χ0v) is 14.3. The minimum atomic E-state index is -0.195. The summed E-state index contributed by atoms with van der Waals surface area (Å²) in [5, 5.41) is 10.6. The number of carbonyl (C=O) groups is 1.